The second-order valence-electron chi connectivity index (χ2n) is 4.07. The molecular weight excluding hydrogens is 242 g/mol. The predicted octanol–water partition coefficient (Wildman–Crippen LogP) is 1.76. The number of carbonyl (C=O) groups excluding carboxylic acids is 1. The number of pyridine rings is 1. The molecule has 1 aromatic carbocycles. The first-order valence-corrected chi connectivity index (χ1v) is 5.88. The molecule has 0 unspecified atom stereocenters. The number of hydrogen-bond acceptors (Lipinski definition) is 4. The summed E-state index contributed by atoms with van der Waals surface area (Å²) in [6, 6.07) is 8.92. The molecule has 0 atom stereocenters. The Kier molecular flexibility index (Phi) is 4.10. The van der Waals surface area contributed by atoms with Gasteiger partial charge in [0.05, 0.1) is 11.8 Å². The summed E-state index contributed by atoms with van der Waals surface area (Å²) in [6.07, 6.45) is 2.70. The van der Waals surface area contributed by atoms with Crippen LogP contribution in [-0.4, -0.2) is 23.0 Å². The molecule has 0 spiro atoms. The van der Waals surface area contributed by atoms with Crippen molar-refractivity contribution in [1.82, 2.24) is 10.3 Å². The Labute approximate surface area is 111 Å². The minimum atomic E-state index is -0.299. The number of aromatic hydroxyl groups is 1. The lowest BCUT2D eigenvalue weighted by Crippen LogP contribution is -2.15. The van der Waals surface area contributed by atoms with Gasteiger partial charge < -0.3 is 15.7 Å². The molecule has 0 bridgehead atoms. The molecular formula is C14H15N3O2. The van der Waals surface area contributed by atoms with Gasteiger partial charge in [-0.3, -0.25) is 9.78 Å². The first kappa shape index (κ1) is 13.0. The molecule has 0 radical (unpaired) electrons. The fourth-order valence-electron chi connectivity index (χ4n) is 1.73. The van der Waals surface area contributed by atoms with Crippen LogP contribution in [0.4, 0.5) is 5.69 Å². The number of rotatable bonds is 4. The van der Waals surface area contributed by atoms with Gasteiger partial charge in [-0.25, -0.2) is 0 Å². The fourth-order valence-corrected chi connectivity index (χ4v) is 1.73. The van der Waals surface area contributed by atoms with Crippen LogP contribution in [-0.2, 0) is 6.54 Å². The minimum absolute atomic E-state index is 0.0313. The first-order valence-electron chi connectivity index (χ1n) is 5.88. The lowest BCUT2D eigenvalue weighted by Gasteiger charge is -2.10. The molecule has 0 aliphatic carbocycles. The van der Waals surface area contributed by atoms with Crippen LogP contribution in [0.1, 0.15) is 15.9 Å². The second kappa shape index (κ2) is 5.97. The molecule has 2 rings (SSSR count). The number of anilines is 1. The molecule has 0 aliphatic heterocycles. The van der Waals surface area contributed by atoms with E-state index in [0.29, 0.717) is 12.1 Å². The van der Waals surface area contributed by atoms with Crippen LogP contribution in [0, 0.1) is 0 Å². The highest BCUT2D eigenvalue weighted by atomic mass is 16.3. The van der Waals surface area contributed by atoms with E-state index in [2.05, 4.69) is 15.6 Å². The number of nitrogens with zero attached hydrogens (tertiary/aromatic N) is 1. The highest BCUT2D eigenvalue weighted by Gasteiger charge is 2.09. The number of hydrogen-bond donors (Lipinski definition) is 3. The van der Waals surface area contributed by atoms with Crippen LogP contribution < -0.4 is 10.6 Å². The van der Waals surface area contributed by atoms with Gasteiger partial charge in [0.25, 0.3) is 5.91 Å². The van der Waals surface area contributed by atoms with E-state index in [-0.39, 0.29) is 11.7 Å². The predicted molar refractivity (Wildman–Crippen MR) is 73.1 cm³/mol. The van der Waals surface area contributed by atoms with Crippen molar-refractivity contribution in [3.8, 4) is 5.75 Å². The summed E-state index contributed by atoms with van der Waals surface area (Å²) in [5, 5.41) is 15.2. The summed E-state index contributed by atoms with van der Waals surface area (Å²) >= 11 is 0. The van der Waals surface area contributed by atoms with Crippen molar-refractivity contribution in [3.05, 3.63) is 53.9 Å². The molecule has 0 saturated heterocycles. The van der Waals surface area contributed by atoms with Crippen molar-refractivity contribution in [2.75, 3.05) is 12.4 Å². The molecule has 1 aromatic heterocycles. The van der Waals surface area contributed by atoms with Gasteiger partial charge >= 0.3 is 0 Å². The molecule has 5 nitrogen and oxygen atoms in total. The van der Waals surface area contributed by atoms with Crippen molar-refractivity contribution in [2.24, 2.45) is 0 Å². The van der Waals surface area contributed by atoms with E-state index in [1.54, 1.807) is 0 Å². The van der Waals surface area contributed by atoms with Crippen LogP contribution >= 0.6 is 0 Å². The monoisotopic (exact) mass is 257 g/mol. The normalized spacial score (nSPS) is 10.2. The van der Waals surface area contributed by atoms with E-state index < -0.39 is 0 Å². The lowest BCUT2D eigenvalue weighted by molar-refractivity contribution is 0.102. The topological polar surface area (TPSA) is 74.2 Å². The van der Waals surface area contributed by atoms with E-state index >= 15 is 0 Å². The van der Waals surface area contributed by atoms with Crippen molar-refractivity contribution >= 4 is 11.6 Å². The molecule has 1 amide bonds. The Morgan fingerprint density at radius 3 is 2.84 bits per heavy atom. The van der Waals surface area contributed by atoms with Crippen LogP contribution in [0.25, 0.3) is 0 Å². The van der Waals surface area contributed by atoms with Gasteiger partial charge in [-0.2, -0.15) is 0 Å². The Bertz CT molecular complexity index is 584. The van der Waals surface area contributed by atoms with Crippen molar-refractivity contribution in [3.63, 3.8) is 0 Å². The number of benzene rings is 1. The minimum Gasteiger partial charge on any atom is -0.506 e. The average molecular weight is 257 g/mol. The van der Waals surface area contributed by atoms with E-state index in [0.717, 1.165) is 11.3 Å². The quantitative estimate of drug-likeness (QED) is 0.780. The molecule has 3 N–H and O–H groups in total. The lowest BCUT2D eigenvalue weighted by atomic mass is 10.1. The third-order valence-corrected chi connectivity index (χ3v) is 2.62. The van der Waals surface area contributed by atoms with E-state index in [1.807, 2.05) is 31.3 Å². The van der Waals surface area contributed by atoms with Gasteiger partial charge in [-0.15, -0.1) is 0 Å². The SMILES string of the molecule is CNCc1ccccc1NC(=O)c1cncc(O)c1. The Morgan fingerprint density at radius 1 is 1.32 bits per heavy atom. The molecule has 1 heterocycles. The van der Waals surface area contributed by atoms with Crippen LogP contribution in [0.15, 0.2) is 42.7 Å². The number of nitrogens with one attached hydrogen (secondary N) is 2. The third-order valence-electron chi connectivity index (χ3n) is 2.62. The van der Waals surface area contributed by atoms with Gasteiger partial charge in [-0.05, 0) is 24.7 Å². The molecule has 0 fully saturated rings. The number of aromatic nitrogens is 1. The van der Waals surface area contributed by atoms with Crippen LogP contribution in [0.3, 0.4) is 0 Å². The van der Waals surface area contributed by atoms with Crippen molar-refractivity contribution in [2.45, 2.75) is 6.54 Å². The number of amides is 1. The van der Waals surface area contributed by atoms with Gasteiger partial charge in [0.15, 0.2) is 0 Å². The number of carbonyl (C=O) groups is 1. The Hall–Kier alpha value is -2.40. The van der Waals surface area contributed by atoms with Crippen molar-refractivity contribution in [1.29, 1.82) is 0 Å². The number of para-hydroxylation sites is 1. The average Bonchev–Trinajstić information content (AvgIpc) is 2.41. The summed E-state index contributed by atoms with van der Waals surface area (Å²) in [7, 11) is 1.84. The fraction of sp³-hybridized carbons (Fsp3) is 0.143. The maximum atomic E-state index is 12.0. The van der Waals surface area contributed by atoms with Gasteiger partial charge in [0, 0.05) is 18.4 Å². The van der Waals surface area contributed by atoms with Crippen LogP contribution in [0.5, 0.6) is 5.75 Å². The molecule has 2 aromatic rings. The van der Waals surface area contributed by atoms with E-state index in [9.17, 15) is 9.90 Å². The van der Waals surface area contributed by atoms with Gasteiger partial charge in [-0.1, -0.05) is 18.2 Å². The van der Waals surface area contributed by atoms with Crippen LogP contribution in [0.2, 0.25) is 0 Å². The Morgan fingerprint density at radius 2 is 2.11 bits per heavy atom. The Balaban J connectivity index is 2.19. The summed E-state index contributed by atoms with van der Waals surface area (Å²) < 4.78 is 0. The molecule has 0 saturated carbocycles. The zero-order valence-electron chi connectivity index (χ0n) is 10.6. The highest BCUT2D eigenvalue weighted by Crippen LogP contribution is 2.17. The summed E-state index contributed by atoms with van der Waals surface area (Å²) in [6.45, 7) is 0.661. The third kappa shape index (κ3) is 3.29. The largest absolute Gasteiger partial charge is 0.506 e. The standard InChI is InChI=1S/C14H15N3O2/c1-15-7-10-4-2-3-5-13(10)17-14(19)11-6-12(18)9-16-8-11/h2-6,8-9,15,18H,7H2,1H3,(H,17,19). The maximum absolute atomic E-state index is 12.0. The van der Waals surface area contributed by atoms with E-state index in [4.69, 9.17) is 0 Å². The van der Waals surface area contributed by atoms with Gasteiger partial charge in [0.1, 0.15) is 5.75 Å². The second-order valence-corrected chi connectivity index (χ2v) is 4.07. The summed E-state index contributed by atoms with van der Waals surface area (Å²) in [5.41, 5.74) is 2.05. The van der Waals surface area contributed by atoms with Crippen molar-refractivity contribution < 1.29 is 9.90 Å². The maximum Gasteiger partial charge on any atom is 0.257 e. The molecule has 0 aliphatic rings. The molecule has 98 valence electrons. The first-order chi connectivity index (χ1) is 9.20. The van der Waals surface area contributed by atoms with E-state index in [1.165, 1.54) is 18.5 Å². The zero-order chi connectivity index (χ0) is 13.7. The molecule has 19 heavy (non-hydrogen) atoms. The van der Waals surface area contributed by atoms with Gasteiger partial charge in [0.2, 0.25) is 0 Å². The highest BCUT2D eigenvalue weighted by molar-refractivity contribution is 6.04. The zero-order valence-corrected chi connectivity index (χ0v) is 10.6. The summed E-state index contributed by atoms with van der Waals surface area (Å²) in [5.74, 6) is -0.330. The summed E-state index contributed by atoms with van der Waals surface area (Å²) in [4.78, 5) is 15.8. The smallest absolute Gasteiger partial charge is 0.257 e. The molecule has 5 heteroatoms.